The minimum absolute atomic E-state index is 0.210. The quantitative estimate of drug-likeness (QED) is 0.278. The van der Waals surface area contributed by atoms with Crippen molar-refractivity contribution in [1.29, 1.82) is 0 Å². The number of hydrazine groups is 1. The van der Waals surface area contributed by atoms with Crippen LogP contribution in [0.25, 0.3) is 5.70 Å². The number of unbranched alkanes of at least 4 members (excludes halogenated alkanes) is 4. The van der Waals surface area contributed by atoms with Crippen molar-refractivity contribution in [3.8, 4) is 5.75 Å². The van der Waals surface area contributed by atoms with Crippen molar-refractivity contribution in [2.75, 3.05) is 6.54 Å². The van der Waals surface area contributed by atoms with Crippen LogP contribution in [0.4, 0.5) is 0 Å². The maximum absolute atomic E-state index is 10.2. The molecule has 0 bridgehead atoms. The Morgan fingerprint density at radius 1 is 1.15 bits per heavy atom. The van der Waals surface area contributed by atoms with E-state index in [1.54, 1.807) is 35.5 Å². The van der Waals surface area contributed by atoms with Gasteiger partial charge in [0.2, 0.25) is 0 Å². The van der Waals surface area contributed by atoms with E-state index in [1.165, 1.54) is 0 Å². The first-order valence-electron chi connectivity index (χ1n) is 6.85. The number of aromatic hydroxyl groups is 1. The number of rotatable bonds is 9. The molecule has 1 rings (SSSR count). The molecule has 5 nitrogen and oxygen atoms in total. The summed E-state index contributed by atoms with van der Waals surface area (Å²) in [6.45, 7) is 0.722. The summed E-state index contributed by atoms with van der Waals surface area (Å²) < 4.78 is 0. The van der Waals surface area contributed by atoms with Crippen LogP contribution in [0.2, 0.25) is 0 Å². The summed E-state index contributed by atoms with van der Waals surface area (Å²) in [5.41, 5.74) is 7.32. The Hall–Kier alpha value is -2.01. The summed E-state index contributed by atoms with van der Waals surface area (Å²) in [5.74, 6) is 6.06. The van der Waals surface area contributed by atoms with E-state index in [9.17, 15) is 9.90 Å². The molecule has 0 atom stereocenters. The topological polar surface area (TPSA) is 92.6 Å². The molecule has 110 valence electrons. The smallest absolute Gasteiger partial charge is 0.119 e. The Bertz CT molecular complexity index is 429. The van der Waals surface area contributed by atoms with Crippen molar-refractivity contribution < 1.29 is 9.90 Å². The molecule has 5 N–H and O–H groups in total. The highest BCUT2D eigenvalue weighted by Gasteiger charge is 2.00. The molecule has 0 aliphatic carbocycles. The summed E-state index contributed by atoms with van der Waals surface area (Å²) in [4.78, 5) is 10.2. The molecule has 0 saturated heterocycles. The maximum Gasteiger partial charge on any atom is 0.119 e. The highest BCUT2D eigenvalue weighted by atomic mass is 16.3. The van der Waals surface area contributed by atoms with Gasteiger partial charge in [0, 0.05) is 19.2 Å². The van der Waals surface area contributed by atoms with Crippen molar-refractivity contribution in [3.05, 3.63) is 36.0 Å². The fourth-order valence-corrected chi connectivity index (χ4v) is 1.85. The van der Waals surface area contributed by atoms with Crippen LogP contribution in [0.3, 0.4) is 0 Å². The average molecular weight is 277 g/mol. The second kappa shape index (κ2) is 8.98. The third kappa shape index (κ3) is 6.24. The number of hydrogen-bond acceptors (Lipinski definition) is 5. The molecule has 0 unspecified atom stereocenters. The zero-order valence-electron chi connectivity index (χ0n) is 11.7. The molecule has 0 aromatic heterocycles. The number of hydrogen-bond donors (Lipinski definition) is 3. The zero-order chi connectivity index (χ0) is 14.8. The average Bonchev–Trinajstić information content (AvgIpc) is 2.43. The SMILES string of the molecule is N/C(=C\N(N)CCCCCCC=O)c1ccc(O)cc1. The molecule has 1 aromatic carbocycles. The molecule has 0 aliphatic rings. The molecule has 5 heteroatoms. The molecule has 20 heavy (non-hydrogen) atoms. The summed E-state index contributed by atoms with van der Waals surface area (Å²) in [6, 6.07) is 6.66. The Balaban J connectivity index is 2.32. The second-order valence-electron chi connectivity index (χ2n) is 4.74. The summed E-state index contributed by atoms with van der Waals surface area (Å²) in [6.07, 6.45) is 7.29. The number of nitrogens with two attached hydrogens (primary N) is 2. The van der Waals surface area contributed by atoms with E-state index in [0.717, 1.165) is 44.1 Å². The minimum Gasteiger partial charge on any atom is -0.508 e. The van der Waals surface area contributed by atoms with E-state index in [1.807, 2.05) is 0 Å². The predicted octanol–water partition coefficient (Wildman–Crippen LogP) is 1.97. The van der Waals surface area contributed by atoms with E-state index in [0.29, 0.717) is 12.1 Å². The lowest BCUT2D eigenvalue weighted by Crippen LogP contribution is -2.27. The molecule has 0 radical (unpaired) electrons. The van der Waals surface area contributed by atoms with E-state index in [4.69, 9.17) is 11.6 Å². The van der Waals surface area contributed by atoms with E-state index in [-0.39, 0.29) is 5.75 Å². The number of carbonyl (C=O) groups is 1. The van der Waals surface area contributed by atoms with Crippen LogP contribution < -0.4 is 11.6 Å². The summed E-state index contributed by atoms with van der Waals surface area (Å²) >= 11 is 0. The van der Waals surface area contributed by atoms with Gasteiger partial charge in [0.05, 0.1) is 5.70 Å². The van der Waals surface area contributed by atoms with E-state index in [2.05, 4.69) is 0 Å². The van der Waals surface area contributed by atoms with Crippen LogP contribution in [0.15, 0.2) is 30.5 Å². The molecule has 0 heterocycles. The van der Waals surface area contributed by atoms with Crippen LogP contribution in [-0.4, -0.2) is 22.9 Å². The molecular formula is C15H23N3O2. The van der Waals surface area contributed by atoms with Crippen molar-refractivity contribution in [1.82, 2.24) is 5.01 Å². The fourth-order valence-electron chi connectivity index (χ4n) is 1.85. The molecule has 0 fully saturated rings. The van der Waals surface area contributed by atoms with Gasteiger partial charge in [-0.1, -0.05) is 12.8 Å². The highest BCUT2D eigenvalue weighted by Crippen LogP contribution is 2.14. The lowest BCUT2D eigenvalue weighted by molar-refractivity contribution is -0.107. The Labute approximate surface area is 119 Å². The minimum atomic E-state index is 0.210. The van der Waals surface area contributed by atoms with Gasteiger partial charge >= 0.3 is 0 Å². The van der Waals surface area contributed by atoms with Gasteiger partial charge in [0.25, 0.3) is 0 Å². The van der Waals surface area contributed by atoms with Crippen molar-refractivity contribution >= 4 is 12.0 Å². The standard InChI is InChI=1S/C15H23N3O2/c16-15(13-6-8-14(20)9-7-13)12-18(17)10-4-2-1-3-5-11-19/h6-9,11-12,20H,1-5,10,16-17H2/b15-12-. The molecule has 1 aromatic rings. The molecule has 0 spiro atoms. The monoisotopic (exact) mass is 277 g/mol. The first-order valence-corrected chi connectivity index (χ1v) is 6.85. The largest absolute Gasteiger partial charge is 0.508 e. The van der Waals surface area contributed by atoms with E-state index < -0.39 is 0 Å². The van der Waals surface area contributed by atoms with Crippen LogP contribution in [-0.2, 0) is 4.79 Å². The Kier molecular flexibility index (Phi) is 7.21. The zero-order valence-corrected chi connectivity index (χ0v) is 11.7. The third-order valence-corrected chi connectivity index (χ3v) is 2.99. The lowest BCUT2D eigenvalue weighted by atomic mass is 10.1. The second-order valence-corrected chi connectivity index (χ2v) is 4.74. The Morgan fingerprint density at radius 3 is 2.45 bits per heavy atom. The number of phenols is 1. The van der Waals surface area contributed by atoms with Gasteiger partial charge in [-0.3, -0.25) is 0 Å². The van der Waals surface area contributed by atoms with Gasteiger partial charge in [-0.25, -0.2) is 5.84 Å². The van der Waals surface area contributed by atoms with Crippen molar-refractivity contribution in [2.24, 2.45) is 11.6 Å². The normalized spacial score (nSPS) is 11.3. The molecule has 0 aliphatic heterocycles. The molecule has 0 saturated carbocycles. The van der Waals surface area contributed by atoms with Gasteiger partial charge in [-0.15, -0.1) is 0 Å². The number of nitrogens with zero attached hydrogens (tertiary/aromatic N) is 1. The molecular weight excluding hydrogens is 254 g/mol. The van der Waals surface area contributed by atoms with Gasteiger partial charge < -0.3 is 20.6 Å². The third-order valence-electron chi connectivity index (χ3n) is 2.99. The number of benzene rings is 1. The fraction of sp³-hybridized carbons (Fsp3) is 0.400. The number of aldehydes is 1. The lowest BCUT2D eigenvalue weighted by Gasteiger charge is -2.15. The van der Waals surface area contributed by atoms with Gasteiger partial charge in [0.1, 0.15) is 12.0 Å². The van der Waals surface area contributed by atoms with Crippen LogP contribution >= 0.6 is 0 Å². The van der Waals surface area contributed by atoms with Crippen LogP contribution in [0.5, 0.6) is 5.75 Å². The molecule has 0 amide bonds. The highest BCUT2D eigenvalue weighted by molar-refractivity contribution is 5.62. The number of phenolic OH excluding ortho intramolecular Hbond substituents is 1. The van der Waals surface area contributed by atoms with Gasteiger partial charge in [0.15, 0.2) is 0 Å². The van der Waals surface area contributed by atoms with Crippen molar-refractivity contribution in [2.45, 2.75) is 32.1 Å². The first-order chi connectivity index (χ1) is 9.63. The predicted molar refractivity (Wildman–Crippen MR) is 80.3 cm³/mol. The van der Waals surface area contributed by atoms with Gasteiger partial charge in [-0.2, -0.15) is 0 Å². The van der Waals surface area contributed by atoms with Crippen LogP contribution in [0.1, 0.15) is 37.7 Å². The Morgan fingerprint density at radius 2 is 1.80 bits per heavy atom. The number of carbonyl (C=O) groups excluding carboxylic acids is 1. The van der Waals surface area contributed by atoms with Gasteiger partial charge in [-0.05, 0) is 42.7 Å². The maximum atomic E-state index is 10.2. The van der Waals surface area contributed by atoms with Crippen molar-refractivity contribution in [3.63, 3.8) is 0 Å². The van der Waals surface area contributed by atoms with E-state index >= 15 is 0 Å². The van der Waals surface area contributed by atoms with Crippen LogP contribution in [0, 0.1) is 0 Å². The summed E-state index contributed by atoms with van der Waals surface area (Å²) in [5, 5.41) is 10.8. The first kappa shape index (κ1) is 16.0. The summed E-state index contributed by atoms with van der Waals surface area (Å²) in [7, 11) is 0.